The van der Waals surface area contributed by atoms with Crippen LogP contribution in [0.5, 0.6) is 0 Å². The number of carbonyl (C=O) groups excluding carboxylic acids is 2. The summed E-state index contributed by atoms with van der Waals surface area (Å²) >= 11 is 12.6. The SMILES string of the molecule is CC[C@@H](C)NC(=O)[C@@H](Cc1ccccc1)N(Cc1ccc(Cl)cc1Cl)C(=O)Cc1ccc(C)c(C)c1. The smallest absolute Gasteiger partial charge is 0.243 e. The number of aryl methyl sites for hydroxylation is 2. The lowest BCUT2D eigenvalue weighted by molar-refractivity contribution is -0.141. The lowest BCUT2D eigenvalue weighted by atomic mass is 10.00. The Bertz CT molecular complexity index is 1200. The van der Waals surface area contributed by atoms with E-state index in [2.05, 4.69) is 5.32 Å². The average molecular weight is 526 g/mol. The maximum atomic E-state index is 13.9. The summed E-state index contributed by atoms with van der Waals surface area (Å²) in [7, 11) is 0. The second-order valence-electron chi connectivity index (χ2n) is 9.38. The van der Waals surface area contributed by atoms with Crippen LogP contribution in [-0.2, 0) is 29.0 Å². The van der Waals surface area contributed by atoms with E-state index in [-0.39, 0.29) is 30.8 Å². The fourth-order valence-electron chi connectivity index (χ4n) is 4.02. The zero-order chi connectivity index (χ0) is 26.2. The molecule has 3 rings (SSSR count). The topological polar surface area (TPSA) is 49.4 Å². The summed E-state index contributed by atoms with van der Waals surface area (Å²) in [6.07, 6.45) is 1.38. The number of benzene rings is 3. The Labute approximate surface area is 224 Å². The predicted octanol–water partition coefficient (Wildman–Crippen LogP) is 6.71. The lowest BCUT2D eigenvalue weighted by Crippen LogP contribution is -2.52. The number of carbonyl (C=O) groups is 2. The third kappa shape index (κ3) is 7.59. The molecular formula is C30H34Cl2N2O2. The molecule has 0 radical (unpaired) electrons. The highest BCUT2D eigenvalue weighted by Gasteiger charge is 2.31. The Kier molecular flexibility index (Phi) is 9.98. The van der Waals surface area contributed by atoms with Crippen LogP contribution in [0.1, 0.15) is 48.1 Å². The molecule has 3 aromatic rings. The Hall–Kier alpha value is -2.82. The van der Waals surface area contributed by atoms with E-state index in [4.69, 9.17) is 23.2 Å². The molecule has 2 amide bonds. The van der Waals surface area contributed by atoms with Gasteiger partial charge in [-0.25, -0.2) is 0 Å². The minimum absolute atomic E-state index is 0.00778. The van der Waals surface area contributed by atoms with Gasteiger partial charge in [0.2, 0.25) is 11.8 Å². The van der Waals surface area contributed by atoms with Crippen molar-refractivity contribution in [3.63, 3.8) is 0 Å². The van der Waals surface area contributed by atoms with Crippen molar-refractivity contribution < 1.29 is 9.59 Å². The van der Waals surface area contributed by atoms with Gasteiger partial charge in [-0.2, -0.15) is 0 Å². The largest absolute Gasteiger partial charge is 0.352 e. The van der Waals surface area contributed by atoms with Crippen molar-refractivity contribution >= 4 is 35.0 Å². The van der Waals surface area contributed by atoms with Gasteiger partial charge in [0, 0.05) is 29.1 Å². The van der Waals surface area contributed by atoms with Gasteiger partial charge in [0.25, 0.3) is 0 Å². The lowest BCUT2D eigenvalue weighted by Gasteiger charge is -2.32. The van der Waals surface area contributed by atoms with Crippen LogP contribution >= 0.6 is 23.2 Å². The zero-order valence-corrected chi connectivity index (χ0v) is 22.9. The summed E-state index contributed by atoms with van der Waals surface area (Å²) < 4.78 is 0. The van der Waals surface area contributed by atoms with E-state index >= 15 is 0 Å². The van der Waals surface area contributed by atoms with Gasteiger partial charge in [0.15, 0.2) is 0 Å². The standard InChI is InChI=1S/C30H34Cl2N2O2/c1-5-22(4)33-30(36)28(16-23-9-7-6-8-10-23)34(19-25-13-14-26(31)18-27(25)32)29(35)17-24-12-11-20(2)21(3)15-24/h6-15,18,22,28H,5,16-17,19H2,1-4H3,(H,33,36)/t22-,28-/m1/s1. The molecule has 2 atom stereocenters. The van der Waals surface area contributed by atoms with Crippen molar-refractivity contribution in [2.75, 3.05) is 0 Å². The van der Waals surface area contributed by atoms with Crippen molar-refractivity contribution in [1.82, 2.24) is 10.2 Å². The first-order valence-corrected chi connectivity index (χ1v) is 13.1. The van der Waals surface area contributed by atoms with E-state index in [1.165, 1.54) is 5.56 Å². The third-order valence-electron chi connectivity index (χ3n) is 6.55. The maximum Gasteiger partial charge on any atom is 0.243 e. The van der Waals surface area contributed by atoms with Gasteiger partial charge in [-0.05, 0) is 67.1 Å². The Morgan fingerprint density at radius 1 is 0.917 bits per heavy atom. The van der Waals surface area contributed by atoms with Crippen LogP contribution in [0.15, 0.2) is 66.7 Å². The fraction of sp³-hybridized carbons (Fsp3) is 0.333. The molecule has 3 aromatic carbocycles. The van der Waals surface area contributed by atoms with Crippen LogP contribution in [0.3, 0.4) is 0 Å². The van der Waals surface area contributed by atoms with Gasteiger partial charge in [-0.1, -0.05) is 84.7 Å². The van der Waals surface area contributed by atoms with E-state index in [9.17, 15) is 9.59 Å². The Morgan fingerprint density at radius 3 is 2.28 bits per heavy atom. The molecular weight excluding hydrogens is 491 g/mol. The van der Waals surface area contributed by atoms with Gasteiger partial charge in [0.1, 0.15) is 6.04 Å². The van der Waals surface area contributed by atoms with Crippen molar-refractivity contribution in [2.24, 2.45) is 0 Å². The Morgan fingerprint density at radius 2 is 1.64 bits per heavy atom. The molecule has 0 saturated carbocycles. The molecule has 0 unspecified atom stereocenters. The molecule has 0 aliphatic rings. The summed E-state index contributed by atoms with van der Waals surface area (Å²) in [4.78, 5) is 29.1. The molecule has 0 aromatic heterocycles. The normalized spacial score (nSPS) is 12.6. The van der Waals surface area contributed by atoms with Crippen LogP contribution in [0.25, 0.3) is 0 Å². The van der Waals surface area contributed by atoms with Gasteiger partial charge in [-0.3, -0.25) is 9.59 Å². The number of hydrogen-bond acceptors (Lipinski definition) is 2. The minimum Gasteiger partial charge on any atom is -0.352 e. The Balaban J connectivity index is 2.01. The quantitative estimate of drug-likeness (QED) is 0.320. The van der Waals surface area contributed by atoms with Gasteiger partial charge in [-0.15, -0.1) is 0 Å². The average Bonchev–Trinajstić information content (AvgIpc) is 2.85. The minimum atomic E-state index is -0.702. The molecule has 4 nitrogen and oxygen atoms in total. The molecule has 1 N–H and O–H groups in total. The summed E-state index contributed by atoms with van der Waals surface area (Å²) in [6, 6.07) is 20.3. The molecule has 0 heterocycles. The van der Waals surface area contributed by atoms with E-state index < -0.39 is 6.04 Å². The van der Waals surface area contributed by atoms with Gasteiger partial charge < -0.3 is 10.2 Å². The molecule has 0 aliphatic heterocycles. The van der Waals surface area contributed by atoms with Crippen LogP contribution in [0, 0.1) is 13.8 Å². The molecule has 190 valence electrons. The molecule has 6 heteroatoms. The van der Waals surface area contributed by atoms with E-state index in [1.54, 1.807) is 17.0 Å². The first-order chi connectivity index (χ1) is 17.2. The number of nitrogens with one attached hydrogen (secondary N) is 1. The highest BCUT2D eigenvalue weighted by atomic mass is 35.5. The number of halogens is 2. The van der Waals surface area contributed by atoms with Gasteiger partial charge >= 0.3 is 0 Å². The van der Waals surface area contributed by atoms with Crippen molar-refractivity contribution in [1.29, 1.82) is 0 Å². The van der Waals surface area contributed by atoms with Crippen LogP contribution < -0.4 is 5.32 Å². The van der Waals surface area contributed by atoms with Crippen LogP contribution in [-0.4, -0.2) is 28.8 Å². The van der Waals surface area contributed by atoms with Crippen LogP contribution in [0.4, 0.5) is 0 Å². The van der Waals surface area contributed by atoms with Crippen molar-refractivity contribution in [3.05, 3.63) is 105 Å². The summed E-state index contributed by atoms with van der Waals surface area (Å²) in [6.45, 7) is 8.27. The molecule has 0 spiro atoms. The first kappa shape index (κ1) is 27.8. The van der Waals surface area contributed by atoms with Gasteiger partial charge in [0.05, 0.1) is 6.42 Å². The van der Waals surface area contributed by atoms with E-state index in [0.29, 0.717) is 16.5 Å². The highest BCUT2D eigenvalue weighted by molar-refractivity contribution is 6.35. The molecule has 0 saturated heterocycles. The van der Waals surface area contributed by atoms with E-state index in [1.807, 2.05) is 82.3 Å². The van der Waals surface area contributed by atoms with E-state index in [0.717, 1.165) is 28.7 Å². The number of amides is 2. The second kappa shape index (κ2) is 12.9. The maximum absolute atomic E-state index is 13.9. The van der Waals surface area contributed by atoms with Crippen molar-refractivity contribution in [2.45, 2.75) is 65.6 Å². The molecule has 36 heavy (non-hydrogen) atoms. The summed E-state index contributed by atoms with van der Waals surface area (Å²) in [5, 5.41) is 4.07. The number of hydrogen-bond donors (Lipinski definition) is 1. The molecule has 0 aliphatic carbocycles. The highest BCUT2D eigenvalue weighted by Crippen LogP contribution is 2.25. The molecule has 0 fully saturated rings. The number of rotatable bonds is 10. The summed E-state index contributed by atoms with van der Waals surface area (Å²) in [5.74, 6) is -0.309. The molecule has 0 bridgehead atoms. The van der Waals surface area contributed by atoms with Crippen molar-refractivity contribution in [3.8, 4) is 0 Å². The third-order valence-corrected chi connectivity index (χ3v) is 7.14. The second-order valence-corrected chi connectivity index (χ2v) is 10.2. The first-order valence-electron chi connectivity index (χ1n) is 12.3. The van der Waals surface area contributed by atoms with Crippen LogP contribution in [0.2, 0.25) is 10.0 Å². The fourth-order valence-corrected chi connectivity index (χ4v) is 4.49. The predicted molar refractivity (Wildman–Crippen MR) is 148 cm³/mol. The number of nitrogens with zero attached hydrogens (tertiary/aromatic N) is 1. The zero-order valence-electron chi connectivity index (χ0n) is 21.4. The summed E-state index contributed by atoms with van der Waals surface area (Å²) in [5.41, 5.74) is 4.93. The monoisotopic (exact) mass is 524 g/mol.